The Morgan fingerprint density at radius 3 is 2.26 bits per heavy atom. The molecule has 0 saturated carbocycles. The van der Waals surface area contributed by atoms with E-state index in [4.69, 9.17) is 4.84 Å². The van der Waals surface area contributed by atoms with Crippen molar-refractivity contribution in [2.75, 3.05) is 11.6 Å². The highest BCUT2D eigenvalue weighted by Crippen LogP contribution is 2.26. The number of hydroxylamine groups is 1. The van der Waals surface area contributed by atoms with Crippen molar-refractivity contribution >= 4 is 11.3 Å². The van der Waals surface area contributed by atoms with E-state index in [1.807, 2.05) is 29.3 Å². The van der Waals surface area contributed by atoms with Crippen molar-refractivity contribution < 1.29 is 4.84 Å². The van der Waals surface area contributed by atoms with Crippen LogP contribution in [0.3, 0.4) is 0 Å². The first-order chi connectivity index (χ1) is 9.33. The molecule has 1 atom stereocenters. The van der Waals surface area contributed by atoms with Gasteiger partial charge < -0.3 is 0 Å². The van der Waals surface area contributed by atoms with Gasteiger partial charge >= 0.3 is 0 Å². The van der Waals surface area contributed by atoms with Crippen LogP contribution in [0.2, 0.25) is 0 Å². The van der Waals surface area contributed by atoms with Gasteiger partial charge in [-0.2, -0.15) is 0 Å². The summed E-state index contributed by atoms with van der Waals surface area (Å²) in [5, 5.41) is 1.97. The predicted octanol–water partition coefficient (Wildman–Crippen LogP) is 3.91. The lowest BCUT2D eigenvalue weighted by Gasteiger charge is -2.32. The lowest BCUT2D eigenvalue weighted by molar-refractivity contribution is 0.0728. The number of nitrogens with zero attached hydrogens (tertiary/aromatic N) is 1. The molecule has 1 aliphatic rings. The largest absolute Gasteiger partial charge is 0.266 e. The third-order valence-electron chi connectivity index (χ3n) is 3.23. The van der Waals surface area contributed by atoms with Gasteiger partial charge in [0.1, 0.15) is 6.10 Å². The second kappa shape index (κ2) is 5.29. The molecule has 2 aromatic carbocycles. The van der Waals surface area contributed by atoms with Gasteiger partial charge in [-0.25, -0.2) is 5.06 Å². The van der Waals surface area contributed by atoms with Gasteiger partial charge in [0.2, 0.25) is 0 Å². The number of para-hydroxylation sites is 1. The van der Waals surface area contributed by atoms with Gasteiger partial charge in [0.05, 0.1) is 12.2 Å². The van der Waals surface area contributed by atoms with Crippen LogP contribution in [0.15, 0.2) is 66.7 Å². The molecule has 0 aromatic heterocycles. The maximum atomic E-state index is 5.88. The smallest absolute Gasteiger partial charge is 0.102 e. The maximum absolute atomic E-state index is 5.88. The minimum atomic E-state index is 0.0872. The zero-order chi connectivity index (χ0) is 13.1. The lowest BCUT2D eigenvalue weighted by atomic mass is 10.0. The van der Waals surface area contributed by atoms with E-state index in [1.165, 1.54) is 11.1 Å². The molecule has 19 heavy (non-hydrogen) atoms. The minimum absolute atomic E-state index is 0.0872. The molecule has 0 amide bonds. The van der Waals surface area contributed by atoms with Gasteiger partial charge in [0.15, 0.2) is 0 Å². The summed E-state index contributed by atoms with van der Waals surface area (Å²) >= 11 is 0. The molecule has 2 nitrogen and oxygen atoms in total. The second-order valence-electron chi connectivity index (χ2n) is 4.74. The Bertz CT molecular complexity index is 562. The van der Waals surface area contributed by atoms with Crippen molar-refractivity contribution in [2.24, 2.45) is 0 Å². The van der Waals surface area contributed by atoms with Crippen LogP contribution in [0.5, 0.6) is 0 Å². The van der Waals surface area contributed by atoms with Gasteiger partial charge in [-0.3, -0.25) is 4.84 Å². The summed E-state index contributed by atoms with van der Waals surface area (Å²) in [5.74, 6) is 0. The van der Waals surface area contributed by atoms with Crippen LogP contribution in [0.25, 0.3) is 5.57 Å². The number of hydrogen-bond donors (Lipinski definition) is 0. The minimum Gasteiger partial charge on any atom is -0.266 e. The van der Waals surface area contributed by atoms with Crippen LogP contribution in [-0.2, 0) is 4.84 Å². The van der Waals surface area contributed by atoms with E-state index in [-0.39, 0.29) is 6.10 Å². The highest BCUT2D eigenvalue weighted by molar-refractivity contribution is 5.71. The summed E-state index contributed by atoms with van der Waals surface area (Å²) in [6.45, 7) is 2.84. The van der Waals surface area contributed by atoms with Crippen LogP contribution in [0.4, 0.5) is 5.69 Å². The Morgan fingerprint density at radius 1 is 0.947 bits per heavy atom. The fraction of sp³-hybridized carbons (Fsp3) is 0.176. The number of rotatable bonds is 2. The third-order valence-corrected chi connectivity index (χ3v) is 3.23. The summed E-state index contributed by atoms with van der Waals surface area (Å²) in [6.07, 6.45) is 2.28. The van der Waals surface area contributed by atoms with Crippen LogP contribution in [0.1, 0.15) is 12.5 Å². The van der Waals surface area contributed by atoms with Crippen LogP contribution >= 0.6 is 0 Å². The first-order valence-electron chi connectivity index (χ1n) is 6.58. The van der Waals surface area contributed by atoms with E-state index < -0.39 is 0 Å². The van der Waals surface area contributed by atoms with Crippen molar-refractivity contribution in [3.8, 4) is 0 Å². The molecule has 0 N–H and O–H groups in total. The maximum Gasteiger partial charge on any atom is 0.102 e. The molecule has 1 heterocycles. The number of anilines is 1. The van der Waals surface area contributed by atoms with Crippen molar-refractivity contribution in [3.63, 3.8) is 0 Å². The molecule has 1 aliphatic heterocycles. The summed E-state index contributed by atoms with van der Waals surface area (Å²) < 4.78 is 0. The number of hydrogen-bond acceptors (Lipinski definition) is 2. The predicted molar refractivity (Wildman–Crippen MR) is 78.8 cm³/mol. The molecular weight excluding hydrogens is 234 g/mol. The molecule has 0 bridgehead atoms. The summed E-state index contributed by atoms with van der Waals surface area (Å²) in [4.78, 5) is 5.88. The Labute approximate surface area is 113 Å². The monoisotopic (exact) mass is 251 g/mol. The van der Waals surface area contributed by atoms with Gasteiger partial charge in [-0.05, 0) is 36.3 Å². The Hall–Kier alpha value is -2.06. The molecular formula is C17H17NO. The Kier molecular flexibility index (Phi) is 3.34. The molecule has 0 aliphatic carbocycles. The highest BCUT2D eigenvalue weighted by atomic mass is 16.7. The molecule has 2 heteroatoms. The summed E-state index contributed by atoms with van der Waals surface area (Å²) in [5.41, 5.74) is 3.66. The topological polar surface area (TPSA) is 12.5 Å². The standard InChI is InChI=1S/C17H17NO/c1-14-12-16(15-8-4-2-5-9-15)13-18(19-14)17-10-6-3-7-11-17/h2-12,14H,13H2,1H3. The molecule has 3 rings (SSSR count). The van der Waals surface area contributed by atoms with Crippen LogP contribution < -0.4 is 5.06 Å². The normalized spacial score (nSPS) is 19.1. The lowest BCUT2D eigenvalue weighted by Crippen LogP contribution is -2.33. The second-order valence-corrected chi connectivity index (χ2v) is 4.74. The molecule has 1 unspecified atom stereocenters. The average Bonchev–Trinajstić information content (AvgIpc) is 2.48. The number of benzene rings is 2. The highest BCUT2D eigenvalue weighted by Gasteiger charge is 2.19. The van der Waals surface area contributed by atoms with E-state index in [0.29, 0.717) is 0 Å². The van der Waals surface area contributed by atoms with E-state index in [2.05, 4.69) is 49.4 Å². The molecule has 96 valence electrons. The van der Waals surface area contributed by atoms with E-state index in [1.54, 1.807) is 0 Å². The van der Waals surface area contributed by atoms with Crippen molar-refractivity contribution in [1.29, 1.82) is 0 Å². The first-order valence-corrected chi connectivity index (χ1v) is 6.58. The van der Waals surface area contributed by atoms with Gasteiger partial charge in [0, 0.05) is 0 Å². The molecule has 0 spiro atoms. The van der Waals surface area contributed by atoms with Gasteiger partial charge in [-0.15, -0.1) is 0 Å². The summed E-state index contributed by atoms with van der Waals surface area (Å²) in [7, 11) is 0. The van der Waals surface area contributed by atoms with E-state index in [0.717, 1.165) is 12.2 Å². The zero-order valence-electron chi connectivity index (χ0n) is 11.0. The van der Waals surface area contributed by atoms with Gasteiger partial charge in [0.25, 0.3) is 0 Å². The zero-order valence-corrected chi connectivity index (χ0v) is 11.0. The van der Waals surface area contributed by atoms with Crippen molar-refractivity contribution in [2.45, 2.75) is 13.0 Å². The van der Waals surface area contributed by atoms with Crippen LogP contribution in [-0.4, -0.2) is 12.6 Å². The Morgan fingerprint density at radius 2 is 1.58 bits per heavy atom. The molecule has 2 aromatic rings. The average molecular weight is 251 g/mol. The van der Waals surface area contributed by atoms with E-state index >= 15 is 0 Å². The molecule has 0 fully saturated rings. The Balaban J connectivity index is 1.88. The molecule has 0 radical (unpaired) electrons. The third kappa shape index (κ3) is 2.69. The first kappa shape index (κ1) is 12.0. The van der Waals surface area contributed by atoms with Crippen molar-refractivity contribution in [3.05, 3.63) is 72.3 Å². The summed E-state index contributed by atoms with van der Waals surface area (Å²) in [6, 6.07) is 20.7. The molecule has 0 saturated heterocycles. The van der Waals surface area contributed by atoms with Crippen molar-refractivity contribution in [1.82, 2.24) is 0 Å². The fourth-order valence-corrected chi connectivity index (χ4v) is 2.35. The van der Waals surface area contributed by atoms with Gasteiger partial charge in [-0.1, -0.05) is 48.5 Å². The van der Waals surface area contributed by atoms with Crippen LogP contribution in [0, 0.1) is 0 Å². The fourth-order valence-electron chi connectivity index (χ4n) is 2.35. The quantitative estimate of drug-likeness (QED) is 0.802. The SMILES string of the molecule is CC1C=C(c2ccccc2)CN(c2ccccc2)O1. The van der Waals surface area contributed by atoms with E-state index in [9.17, 15) is 0 Å².